The maximum atomic E-state index is 12.5. The van der Waals surface area contributed by atoms with Crippen molar-refractivity contribution >= 4 is 27.5 Å². The number of benzene rings is 2. The molecule has 2 aromatic carbocycles. The first-order valence-electron chi connectivity index (χ1n) is 10.00. The van der Waals surface area contributed by atoms with Gasteiger partial charge in [-0.2, -0.15) is 0 Å². The Labute approximate surface area is 176 Å². The molecule has 0 unspecified atom stereocenters. The molecule has 3 rings (SSSR count). The van der Waals surface area contributed by atoms with Crippen LogP contribution < -0.4 is 15.0 Å². The zero-order valence-electron chi connectivity index (χ0n) is 16.8. The van der Waals surface area contributed by atoms with Crippen LogP contribution >= 0.6 is 15.9 Å². The van der Waals surface area contributed by atoms with E-state index in [2.05, 4.69) is 57.3 Å². The van der Waals surface area contributed by atoms with Crippen molar-refractivity contribution in [3.05, 3.63) is 58.6 Å². The van der Waals surface area contributed by atoms with E-state index in [-0.39, 0.29) is 11.9 Å². The average molecular weight is 445 g/mol. The second kappa shape index (κ2) is 9.46. The minimum absolute atomic E-state index is 0.0715. The molecule has 0 aliphatic carbocycles. The van der Waals surface area contributed by atoms with Gasteiger partial charge in [-0.25, -0.2) is 0 Å². The lowest BCUT2D eigenvalue weighted by molar-refractivity contribution is -0.127. The molecule has 0 radical (unpaired) electrons. The molecule has 0 saturated carbocycles. The van der Waals surface area contributed by atoms with E-state index < -0.39 is 6.10 Å². The van der Waals surface area contributed by atoms with Crippen molar-refractivity contribution in [3.63, 3.8) is 0 Å². The fourth-order valence-corrected chi connectivity index (χ4v) is 3.85. The third-order valence-electron chi connectivity index (χ3n) is 5.27. The maximum Gasteiger partial charge on any atom is 0.261 e. The molecule has 1 fully saturated rings. The SMILES string of the molecule is C[C@@H]1CCCN(c2ccc([C@H](C)NC(=O)[C@H](C)Oc3ccc(Br)cc3)cc2)C1. The Morgan fingerprint density at radius 3 is 2.46 bits per heavy atom. The normalized spacial score (nSPS) is 19.0. The largest absolute Gasteiger partial charge is 0.481 e. The molecule has 5 heteroatoms. The molecule has 3 atom stereocenters. The quantitative estimate of drug-likeness (QED) is 0.654. The summed E-state index contributed by atoms with van der Waals surface area (Å²) in [6, 6.07) is 16.0. The Bertz CT molecular complexity index is 776. The number of nitrogens with zero attached hydrogens (tertiary/aromatic N) is 1. The van der Waals surface area contributed by atoms with E-state index in [9.17, 15) is 4.79 Å². The molecular formula is C23H29BrN2O2. The van der Waals surface area contributed by atoms with Gasteiger partial charge in [-0.1, -0.05) is 35.0 Å². The summed E-state index contributed by atoms with van der Waals surface area (Å²) in [5, 5.41) is 3.05. The Balaban J connectivity index is 1.55. The number of carbonyl (C=O) groups excluding carboxylic acids is 1. The number of hydrogen-bond acceptors (Lipinski definition) is 3. The van der Waals surface area contributed by atoms with Crippen LogP contribution in [0.15, 0.2) is 53.0 Å². The molecule has 0 bridgehead atoms. The Hall–Kier alpha value is -2.01. The van der Waals surface area contributed by atoms with Gasteiger partial charge in [0, 0.05) is 23.2 Å². The predicted molar refractivity (Wildman–Crippen MR) is 118 cm³/mol. The van der Waals surface area contributed by atoms with Gasteiger partial charge in [0.2, 0.25) is 0 Å². The number of piperidine rings is 1. The number of hydrogen-bond donors (Lipinski definition) is 1. The third-order valence-corrected chi connectivity index (χ3v) is 5.80. The summed E-state index contributed by atoms with van der Waals surface area (Å²) in [4.78, 5) is 14.9. The smallest absolute Gasteiger partial charge is 0.261 e. The van der Waals surface area contributed by atoms with Crippen LogP contribution in [-0.4, -0.2) is 25.1 Å². The van der Waals surface area contributed by atoms with Crippen LogP contribution in [0, 0.1) is 5.92 Å². The van der Waals surface area contributed by atoms with Gasteiger partial charge in [0.25, 0.3) is 5.91 Å². The number of carbonyl (C=O) groups is 1. The summed E-state index contributed by atoms with van der Waals surface area (Å²) in [6.07, 6.45) is 2.02. The number of amides is 1. The van der Waals surface area contributed by atoms with Crippen molar-refractivity contribution < 1.29 is 9.53 Å². The standard InChI is InChI=1S/C23H29BrN2O2/c1-16-5-4-14-26(15-16)21-10-6-19(7-11-21)17(2)25-23(27)18(3)28-22-12-8-20(24)9-13-22/h6-13,16-18H,4-5,14-15H2,1-3H3,(H,25,27)/t16-,17+,18+/m1/s1. The highest BCUT2D eigenvalue weighted by atomic mass is 79.9. The van der Waals surface area contributed by atoms with Crippen molar-refractivity contribution in [2.24, 2.45) is 5.92 Å². The zero-order chi connectivity index (χ0) is 20.1. The molecule has 0 aromatic heterocycles. The van der Waals surface area contributed by atoms with E-state index >= 15 is 0 Å². The summed E-state index contributed by atoms with van der Waals surface area (Å²) in [6.45, 7) is 8.33. The number of halogens is 1. The molecule has 1 aliphatic heterocycles. The highest BCUT2D eigenvalue weighted by Gasteiger charge is 2.19. The number of anilines is 1. The first-order chi connectivity index (χ1) is 13.4. The van der Waals surface area contributed by atoms with Crippen molar-refractivity contribution in [2.75, 3.05) is 18.0 Å². The fourth-order valence-electron chi connectivity index (χ4n) is 3.58. The van der Waals surface area contributed by atoms with E-state index in [1.54, 1.807) is 6.92 Å². The molecule has 1 heterocycles. The maximum absolute atomic E-state index is 12.5. The van der Waals surface area contributed by atoms with Gasteiger partial charge in [0.05, 0.1) is 6.04 Å². The van der Waals surface area contributed by atoms with Gasteiger partial charge in [-0.05, 0) is 74.6 Å². The van der Waals surface area contributed by atoms with Gasteiger partial charge in [0.1, 0.15) is 5.75 Å². The first kappa shape index (κ1) is 20.7. The number of ether oxygens (including phenoxy) is 1. The minimum atomic E-state index is -0.558. The second-order valence-electron chi connectivity index (χ2n) is 7.73. The molecule has 28 heavy (non-hydrogen) atoms. The minimum Gasteiger partial charge on any atom is -0.481 e. The van der Waals surface area contributed by atoms with Crippen LogP contribution in [0.5, 0.6) is 5.75 Å². The molecule has 1 amide bonds. The van der Waals surface area contributed by atoms with Crippen LogP contribution in [-0.2, 0) is 4.79 Å². The molecule has 1 aliphatic rings. The predicted octanol–water partition coefficient (Wildman–Crippen LogP) is 5.33. The lowest BCUT2D eigenvalue weighted by atomic mass is 9.99. The lowest BCUT2D eigenvalue weighted by Gasteiger charge is -2.33. The average Bonchev–Trinajstić information content (AvgIpc) is 2.69. The molecule has 1 saturated heterocycles. The fraction of sp³-hybridized carbons (Fsp3) is 0.435. The summed E-state index contributed by atoms with van der Waals surface area (Å²) in [7, 11) is 0. The molecule has 0 spiro atoms. The van der Waals surface area contributed by atoms with Crippen LogP contribution in [0.2, 0.25) is 0 Å². The first-order valence-corrected chi connectivity index (χ1v) is 10.8. The second-order valence-corrected chi connectivity index (χ2v) is 8.64. The van der Waals surface area contributed by atoms with E-state index in [1.165, 1.54) is 18.5 Å². The lowest BCUT2D eigenvalue weighted by Crippen LogP contribution is -2.37. The Morgan fingerprint density at radius 2 is 1.82 bits per heavy atom. The van der Waals surface area contributed by atoms with Gasteiger partial charge in [0.15, 0.2) is 6.10 Å². The number of rotatable bonds is 6. The van der Waals surface area contributed by atoms with Gasteiger partial charge in [-0.15, -0.1) is 0 Å². The molecular weight excluding hydrogens is 416 g/mol. The van der Waals surface area contributed by atoms with Crippen molar-refractivity contribution in [3.8, 4) is 5.75 Å². The zero-order valence-corrected chi connectivity index (χ0v) is 18.4. The number of nitrogens with one attached hydrogen (secondary N) is 1. The topological polar surface area (TPSA) is 41.6 Å². The van der Waals surface area contributed by atoms with Crippen LogP contribution in [0.1, 0.15) is 45.2 Å². The summed E-state index contributed by atoms with van der Waals surface area (Å²) in [5.74, 6) is 1.31. The van der Waals surface area contributed by atoms with E-state index in [0.29, 0.717) is 5.75 Å². The highest BCUT2D eigenvalue weighted by Crippen LogP contribution is 2.25. The summed E-state index contributed by atoms with van der Waals surface area (Å²) in [5.41, 5.74) is 2.36. The summed E-state index contributed by atoms with van der Waals surface area (Å²) >= 11 is 3.39. The summed E-state index contributed by atoms with van der Waals surface area (Å²) < 4.78 is 6.72. The third kappa shape index (κ3) is 5.51. The molecule has 4 nitrogen and oxygen atoms in total. The van der Waals surface area contributed by atoms with E-state index in [4.69, 9.17) is 4.74 Å². The van der Waals surface area contributed by atoms with Crippen LogP contribution in [0.4, 0.5) is 5.69 Å². The van der Waals surface area contributed by atoms with Crippen molar-refractivity contribution in [1.82, 2.24) is 5.32 Å². The van der Waals surface area contributed by atoms with Gasteiger partial charge < -0.3 is 15.0 Å². The van der Waals surface area contributed by atoms with Gasteiger partial charge >= 0.3 is 0 Å². The highest BCUT2D eigenvalue weighted by molar-refractivity contribution is 9.10. The van der Waals surface area contributed by atoms with Crippen LogP contribution in [0.25, 0.3) is 0 Å². The monoisotopic (exact) mass is 444 g/mol. The van der Waals surface area contributed by atoms with E-state index in [1.807, 2.05) is 31.2 Å². The Morgan fingerprint density at radius 1 is 1.14 bits per heavy atom. The molecule has 2 aromatic rings. The van der Waals surface area contributed by atoms with Gasteiger partial charge in [-0.3, -0.25) is 4.79 Å². The van der Waals surface area contributed by atoms with Crippen molar-refractivity contribution in [2.45, 2.75) is 45.8 Å². The molecule has 1 N–H and O–H groups in total. The van der Waals surface area contributed by atoms with Crippen molar-refractivity contribution in [1.29, 1.82) is 0 Å². The van der Waals surface area contributed by atoms with Crippen LogP contribution in [0.3, 0.4) is 0 Å². The molecule has 150 valence electrons. The Kier molecular flexibility index (Phi) is 7.00. The van der Waals surface area contributed by atoms with E-state index in [0.717, 1.165) is 29.0 Å².